The Morgan fingerprint density at radius 3 is 2.68 bits per heavy atom. The standard InChI is InChI=1S/C22H17ClN4O/c23-18-12-15-6-4-5-9-19(15)25-21(18)22(28)26-11-10-20-16(14-26)13-24-27(20)17-7-2-1-3-8-17/h1-9,12-13H,10-11,14H2. The number of amides is 1. The second-order valence-corrected chi connectivity index (χ2v) is 7.26. The number of para-hydroxylation sites is 2. The maximum Gasteiger partial charge on any atom is 0.274 e. The first-order valence-corrected chi connectivity index (χ1v) is 9.54. The van der Waals surface area contributed by atoms with Crippen molar-refractivity contribution in [3.8, 4) is 5.69 Å². The Labute approximate surface area is 167 Å². The Hall–Kier alpha value is -3.18. The molecule has 3 heterocycles. The fourth-order valence-corrected chi connectivity index (χ4v) is 3.93. The van der Waals surface area contributed by atoms with Crippen molar-refractivity contribution < 1.29 is 4.79 Å². The molecule has 0 bridgehead atoms. The number of carbonyl (C=O) groups excluding carboxylic acids is 1. The first kappa shape index (κ1) is 17.0. The number of hydrogen-bond acceptors (Lipinski definition) is 3. The summed E-state index contributed by atoms with van der Waals surface area (Å²) in [5, 5.41) is 5.84. The van der Waals surface area contributed by atoms with Crippen molar-refractivity contribution in [2.24, 2.45) is 0 Å². The van der Waals surface area contributed by atoms with Crippen LogP contribution in [0.2, 0.25) is 5.02 Å². The number of benzene rings is 2. The fourth-order valence-electron chi connectivity index (χ4n) is 3.69. The van der Waals surface area contributed by atoms with E-state index in [9.17, 15) is 4.79 Å². The molecule has 2 aromatic heterocycles. The normalized spacial score (nSPS) is 13.5. The van der Waals surface area contributed by atoms with Gasteiger partial charge >= 0.3 is 0 Å². The number of pyridine rings is 1. The molecule has 2 aromatic carbocycles. The number of halogens is 1. The highest BCUT2D eigenvalue weighted by molar-refractivity contribution is 6.34. The van der Waals surface area contributed by atoms with Crippen LogP contribution >= 0.6 is 11.6 Å². The molecule has 0 unspecified atom stereocenters. The summed E-state index contributed by atoms with van der Waals surface area (Å²) in [5.74, 6) is -0.145. The van der Waals surface area contributed by atoms with Gasteiger partial charge in [0.1, 0.15) is 5.69 Å². The minimum Gasteiger partial charge on any atom is -0.332 e. The maximum absolute atomic E-state index is 13.1. The Morgan fingerprint density at radius 2 is 1.82 bits per heavy atom. The summed E-state index contributed by atoms with van der Waals surface area (Å²) in [4.78, 5) is 19.4. The number of nitrogens with zero attached hydrogens (tertiary/aromatic N) is 4. The molecule has 0 radical (unpaired) electrons. The van der Waals surface area contributed by atoms with E-state index in [0.29, 0.717) is 23.8 Å². The third-order valence-electron chi connectivity index (χ3n) is 5.10. The minimum absolute atomic E-state index is 0.145. The molecule has 28 heavy (non-hydrogen) atoms. The molecule has 0 saturated carbocycles. The molecule has 0 spiro atoms. The summed E-state index contributed by atoms with van der Waals surface area (Å²) in [5.41, 5.74) is 4.31. The largest absolute Gasteiger partial charge is 0.332 e. The highest BCUT2D eigenvalue weighted by Gasteiger charge is 2.27. The molecular formula is C22H17ClN4O. The monoisotopic (exact) mass is 388 g/mol. The highest BCUT2D eigenvalue weighted by Crippen LogP contribution is 2.26. The lowest BCUT2D eigenvalue weighted by atomic mass is 10.1. The molecule has 1 amide bonds. The molecule has 0 aliphatic carbocycles. The van der Waals surface area contributed by atoms with E-state index in [1.165, 1.54) is 0 Å². The number of hydrogen-bond donors (Lipinski definition) is 0. The number of fused-ring (bicyclic) bond motifs is 2. The van der Waals surface area contributed by atoms with Crippen LogP contribution in [0, 0.1) is 0 Å². The smallest absolute Gasteiger partial charge is 0.274 e. The number of rotatable bonds is 2. The lowest BCUT2D eigenvalue weighted by molar-refractivity contribution is 0.0728. The van der Waals surface area contributed by atoms with Crippen molar-refractivity contribution in [2.75, 3.05) is 6.54 Å². The van der Waals surface area contributed by atoms with Crippen molar-refractivity contribution in [1.29, 1.82) is 0 Å². The van der Waals surface area contributed by atoms with Crippen LogP contribution in [0.3, 0.4) is 0 Å². The van der Waals surface area contributed by atoms with Gasteiger partial charge in [-0.1, -0.05) is 48.0 Å². The maximum atomic E-state index is 13.1. The van der Waals surface area contributed by atoms with Crippen molar-refractivity contribution in [3.63, 3.8) is 0 Å². The van der Waals surface area contributed by atoms with Gasteiger partial charge in [0.05, 0.1) is 28.1 Å². The molecule has 6 heteroatoms. The van der Waals surface area contributed by atoms with E-state index >= 15 is 0 Å². The molecule has 1 aliphatic rings. The Kier molecular flexibility index (Phi) is 4.10. The van der Waals surface area contributed by atoms with E-state index in [2.05, 4.69) is 10.1 Å². The molecule has 5 rings (SSSR count). The van der Waals surface area contributed by atoms with Crippen LogP contribution in [0.25, 0.3) is 16.6 Å². The third-order valence-corrected chi connectivity index (χ3v) is 5.39. The van der Waals surface area contributed by atoms with Crippen molar-refractivity contribution in [2.45, 2.75) is 13.0 Å². The quantitative estimate of drug-likeness (QED) is 0.515. The van der Waals surface area contributed by atoms with Crippen molar-refractivity contribution in [1.82, 2.24) is 19.7 Å². The highest BCUT2D eigenvalue weighted by atomic mass is 35.5. The van der Waals surface area contributed by atoms with E-state index in [0.717, 1.165) is 34.3 Å². The average molecular weight is 389 g/mol. The predicted molar refractivity (Wildman–Crippen MR) is 109 cm³/mol. The Balaban J connectivity index is 1.45. The molecule has 0 fully saturated rings. The van der Waals surface area contributed by atoms with Crippen LogP contribution < -0.4 is 0 Å². The van der Waals surface area contributed by atoms with Gasteiger partial charge in [0.2, 0.25) is 0 Å². The van der Waals surface area contributed by atoms with E-state index in [4.69, 9.17) is 11.6 Å². The zero-order valence-corrected chi connectivity index (χ0v) is 15.8. The van der Waals surface area contributed by atoms with Gasteiger partial charge in [-0.05, 0) is 24.3 Å². The zero-order valence-electron chi connectivity index (χ0n) is 15.0. The van der Waals surface area contributed by atoms with Gasteiger partial charge in [0, 0.05) is 30.5 Å². The van der Waals surface area contributed by atoms with Crippen molar-refractivity contribution >= 4 is 28.4 Å². The molecule has 0 N–H and O–H groups in total. The summed E-state index contributed by atoms with van der Waals surface area (Å²) >= 11 is 6.38. The van der Waals surface area contributed by atoms with Gasteiger partial charge in [0.25, 0.3) is 5.91 Å². The van der Waals surface area contributed by atoms with Crippen LogP contribution in [0.1, 0.15) is 21.7 Å². The second-order valence-electron chi connectivity index (χ2n) is 6.85. The van der Waals surface area contributed by atoms with E-state index in [1.54, 1.807) is 11.0 Å². The lowest BCUT2D eigenvalue weighted by Gasteiger charge is -2.27. The molecule has 0 saturated heterocycles. The van der Waals surface area contributed by atoms with E-state index < -0.39 is 0 Å². The summed E-state index contributed by atoms with van der Waals surface area (Å²) < 4.78 is 1.96. The number of carbonyl (C=O) groups is 1. The first-order chi connectivity index (χ1) is 13.7. The summed E-state index contributed by atoms with van der Waals surface area (Å²) in [6.07, 6.45) is 2.58. The Bertz CT molecular complexity index is 1190. The van der Waals surface area contributed by atoms with Gasteiger partial charge in [-0.25, -0.2) is 9.67 Å². The average Bonchev–Trinajstić information content (AvgIpc) is 3.16. The van der Waals surface area contributed by atoms with Crippen molar-refractivity contribution in [3.05, 3.63) is 88.8 Å². The lowest BCUT2D eigenvalue weighted by Crippen LogP contribution is -2.36. The van der Waals surface area contributed by atoms with Crippen LogP contribution in [0.5, 0.6) is 0 Å². The van der Waals surface area contributed by atoms with E-state index in [1.807, 2.05) is 65.5 Å². The van der Waals surface area contributed by atoms with Crippen LogP contribution in [0.15, 0.2) is 66.9 Å². The molecule has 0 atom stereocenters. The molecular weight excluding hydrogens is 372 g/mol. The minimum atomic E-state index is -0.145. The number of aromatic nitrogens is 3. The van der Waals surface area contributed by atoms with Gasteiger partial charge < -0.3 is 4.90 Å². The SMILES string of the molecule is O=C(c1nc2ccccc2cc1Cl)N1CCc2c(cnn2-c2ccccc2)C1. The zero-order chi connectivity index (χ0) is 19.1. The predicted octanol–water partition coefficient (Wildman–Crippen LogP) is 4.27. The molecule has 4 aromatic rings. The summed E-state index contributed by atoms with van der Waals surface area (Å²) in [7, 11) is 0. The van der Waals surface area contributed by atoms with Gasteiger partial charge in [-0.3, -0.25) is 4.79 Å². The van der Waals surface area contributed by atoms with Gasteiger partial charge in [-0.2, -0.15) is 5.10 Å². The molecule has 1 aliphatic heterocycles. The van der Waals surface area contributed by atoms with Gasteiger partial charge in [0.15, 0.2) is 0 Å². The molecule has 138 valence electrons. The second kappa shape index (κ2) is 6.77. The summed E-state index contributed by atoms with van der Waals surface area (Å²) in [6, 6.07) is 19.5. The van der Waals surface area contributed by atoms with Crippen LogP contribution in [-0.2, 0) is 13.0 Å². The Morgan fingerprint density at radius 1 is 1.04 bits per heavy atom. The van der Waals surface area contributed by atoms with Gasteiger partial charge in [-0.15, -0.1) is 0 Å². The van der Waals surface area contributed by atoms with Crippen LogP contribution in [0.4, 0.5) is 0 Å². The van der Waals surface area contributed by atoms with E-state index in [-0.39, 0.29) is 5.91 Å². The third kappa shape index (κ3) is 2.84. The molecule has 5 nitrogen and oxygen atoms in total. The summed E-state index contributed by atoms with van der Waals surface area (Å²) in [6.45, 7) is 1.11. The van der Waals surface area contributed by atoms with Crippen LogP contribution in [-0.4, -0.2) is 32.1 Å². The first-order valence-electron chi connectivity index (χ1n) is 9.16. The topological polar surface area (TPSA) is 51.0 Å². The fraction of sp³-hybridized carbons (Fsp3) is 0.136.